The molecule has 1 heterocycles. The van der Waals surface area contributed by atoms with Gasteiger partial charge in [-0.25, -0.2) is 4.98 Å². The number of fused-ring (bicyclic) bond motifs is 1. The fourth-order valence-corrected chi connectivity index (χ4v) is 3.81. The summed E-state index contributed by atoms with van der Waals surface area (Å²) in [6.07, 6.45) is 0. The Morgan fingerprint density at radius 1 is 1.21 bits per heavy atom. The molecule has 4 nitrogen and oxygen atoms in total. The number of benzene rings is 2. The molecule has 1 atom stereocenters. The number of hydrogen-bond acceptors (Lipinski definition) is 3. The molecule has 7 heteroatoms. The number of carbonyl (C=O) groups is 1. The second-order valence-electron chi connectivity index (χ2n) is 5.54. The standard InChI is InChI=1S/C17H15Cl2N3OS/c1-22(10-16-21-12-6-2-3-8-14(12)24-16)9-15(23)20-13-7-4-5-11(18)17(13)19/h2-8H,9-10H2,1H3,(H,20,23)/p+1. The summed E-state index contributed by atoms with van der Waals surface area (Å²) in [5.74, 6) is -0.113. The lowest BCUT2D eigenvalue weighted by atomic mass is 10.3. The highest BCUT2D eigenvalue weighted by molar-refractivity contribution is 7.18. The Bertz CT molecular complexity index is 848. The maximum atomic E-state index is 12.2. The van der Waals surface area contributed by atoms with E-state index in [0.29, 0.717) is 28.8 Å². The number of anilines is 1. The highest BCUT2D eigenvalue weighted by atomic mass is 35.5. The first-order valence-corrected chi connectivity index (χ1v) is 9.00. The first kappa shape index (κ1) is 17.2. The first-order chi connectivity index (χ1) is 11.5. The molecule has 0 fully saturated rings. The first-order valence-electron chi connectivity index (χ1n) is 7.42. The van der Waals surface area contributed by atoms with Gasteiger partial charge in [-0.3, -0.25) is 4.79 Å². The number of amides is 1. The second-order valence-corrected chi connectivity index (χ2v) is 7.44. The lowest BCUT2D eigenvalue weighted by molar-refractivity contribution is -0.885. The average molecular weight is 381 g/mol. The van der Waals surface area contributed by atoms with E-state index in [-0.39, 0.29) is 5.91 Å². The summed E-state index contributed by atoms with van der Waals surface area (Å²) in [4.78, 5) is 17.8. The van der Waals surface area contributed by atoms with Gasteiger partial charge in [0.1, 0.15) is 11.6 Å². The molecule has 0 radical (unpaired) electrons. The van der Waals surface area contributed by atoms with Crippen molar-refractivity contribution in [1.29, 1.82) is 0 Å². The third-order valence-corrected chi connectivity index (χ3v) is 5.33. The van der Waals surface area contributed by atoms with Gasteiger partial charge in [0, 0.05) is 0 Å². The molecule has 3 rings (SSSR count). The van der Waals surface area contributed by atoms with Crippen LogP contribution >= 0.6 is 34.5 Å². The third kappa shape index (κ3) is 4.05. The zero-order valence-corrected chi connectivity index (χ0v) is 15.3. The van der Waals surface area contributed by atoms with Crippen LogP contribution in [0.1, 0.15) is 5.01 Å². The number of nitrogens with zero attached hydrogens (tertiary/aromatic N) is 1. The van der Waals surface area contributed by atoms with Crippen molar-refractivity contribution in [3.8, 4) is 0 Å². The summed E-state index contributed by atoms with van der Waals surface area (Å²) < 4.78 is 1.16. The summed E-state index contributed by atoms with van der Waals surface area (Å²) >= 11 is 13.7. The number of likely N-dealkylation sites (N-methyl/N-ethyl adjacent to an activating group) is 1. The average Bonchev–Trinajstić information content (AvgIpc) is 2.93. The van der Waals surface area contributed by atoms with Gasteiger partial charge in [-0.2, -0.15) is 0 Å². The number of aromatic nitrogens is 1. The molecule has 1 unspecified atom stereocenters. The zero-order valence-electron chi connectivity index (χ0n) is 13.0. The Morgan fingerprint density at radius 2 is 2.00 bits per heavy atom. The molecule has 1 amide bonds. The van der Waals surface area contributed by atoms with Crippen LogP contribution in [0, 0.1) is 0 Å². The molecule has 0 saturated heterocycles. The van der Waals surface area contributed by atoms with Gasteiger partial charge in [-0.15, -0.1) is 11.3 Å². The Labute approximate surface area is 154 Å². The number of carbonyl (C=O) groups excluding carboxylic acids is 1. The molecule has 1 aromatic heterocycles. The molecule has 24 heavy (non-hydrogen) atoms. The lowest BCUT2D eigenvalue weighted by Gasteiger charge is -2.13. The monoisotopic (exact) mass is 380 g/mol. The van der Waals surface area contributed by atoms with Crippen LogP contribution in [0.4, 0.5) is 5.69 Å². The summed E-state index contributed by atoms with van der Waals surface area (Å²) in [5.41, 5.74) is 1.53. The van der Waals surface area contributed by atoms with E-state index in [1.165, 1.54) is 0 Å². The summed E-state index contributed by atoms with van der Waals surface area (Å²) in [6, 6.07) is 13.2. The van der Waals surface area contributed by atoms with E-state index in [1.807, 2.05) is 25.2 Å². The van der Waals surface area contributed by atoms with Gasteiger partial charge >= 0.3 is 0 Å². The minimum Gasteiger partial charge on any atom is -0.324 e. The molecule has 124 valence electrons. The van der Waals surface area contributed by atoms with Crippen LogP contribution in [0.2, 0.25) is 10.0 Å². The van der Waals surface area contributed by atoms with Gasteiger partial charge in [0.05, 0.1) is 33.0 Å². The predicted molar refractivity (Wildman–Crippen MR) is 100 cm³/mol. The minimum atomic E-state index is -0.113. The molecule has 0 spiro atoms. The zero-order chi connectivity index (χ0) is 17.1. The van der Waals surface area contributed by atoms with Gasteiger partial charge < -0.3 is 10.2 Å². The number of nitrogens with one attached hydrogen (secondary N) is 2. The Balaban J connectivity index is 1.60. The SMILES string of the molecule is C[NH+](CC(=O)Nc1cccc(Cl)c1Cl)Cc1nc2ccccc2s1. The van der Waals surface area contributed by atoms with Crippen LogP contribution in [0.15, 0.2) is 42.5 Å². The predicted octanol–water partition coefficient (Wildman–Crippen LogP) is 3.26. The van der Waals surface area contributed by atoms with E-state index in [9.17, 15) is 4.79 Å². The van der Waals surface area contributed by atoms with Crippen molar-refractivity contribution in [3.63, 3.8) is 0 Å². The van der Waals surface area contributed by atoms with Crippen molar-refractivity contribution < 1.29 is 9.69 Å². The summed E-state index contributed by atoms with van der Waals surface area (Å²) in [6.45, 7) is 1.01. The highest BCUT2D eigenvalue weighted by Crippen LogP contribution is 2.29. The Hall–Kier alpha value is -1.66. The van der Waals surface area contributed by atoms with E-state index >= 15 is 0 Å². The lowest BCUT2D eigenvalue weighted by Crippen LogP contribution is -3.08. The van der Waals surface area contributed by atoms with Crippen LogP contribution in [0.3, 0.4) is 0 Å². The van der Waals surface area contributed by atoms with E-state index in [0.717, 1.165) is 20.1 Å². The fraction of sp³-hybridized carbons (Fsp3) is 0.176. The van der Waals surface area contributed by atoms with Crippen LogP contribution in [-0.4, -0.2) is 24.5 Å². The Kier molecular flexibility index (Phi) is 5.36. The number of hydrogen-bond donors (Lipinski definition) is 2. The molecule has 0 saturated carbocycles. The molecule has 2 N–H and O–H groups in total. The third-order valence-electron chi connectivity index (χ3n) is 3.48. The van der Waals surface area contributed by atoms with E-state index in [1.54, 1.807) is 29.5 Å². The number of quaternary nitrogens is 1. The molecule has 3 aromatic rings. The molecule has 0 aliphatic heterocycles. The van der Waals surface area contributed by atoms with E-state index in [2.05, 4.69) is 16.4 Å². The highest BCUT2D eigenvalue weighted by Gasteiger charge is 2.15. The largest absolute Gasteiger partial charge is 0.324 e. The number of halogens is 2. The van der Waals surface area contributed by atoms with Gasteiger partial charge in [0.15, 0.2) is 6.54 Å². The van der Waals surface area contributed by atoms with Crippen molar-refractivity contribution in [1.82, 2.24) is 4.98 Å². The quantitative estimate of drug-likeness (QED) is 0.713. The van der Waals surface area contributed by atoms with Crippen molar-refractivity contribution in [2.75, 3.05) is 18.9 Å². The van der Waals surface area contributed by atoms with Crippen molar-refractivity contribution in [2.45, 2.75) is 6.54 Å². The van der Waals surface area contributed by atoms with Crippen LogP contribution < -0.4 is 10.2 Å². The molecular formula is C17H16Cl2N3OS+. The van der Waals surface area contributed by atoms with Crippen LogP contribution in [-0.2, 0) is 11.3 Å². The fourth-order valence-electron chi connectivity index (χ4n) is 2.39. The smallest absolute Gasteiger partial charge is 0.279 e. The molecule has 0 bridgehead atoms. The molecule has 0 aliphatic carbocycles. The van der Waals surface area contributed by atoms with Crippen LogP contribution in [0.5, 0.6) is 0 Å². The maximum absolute atomic E-state index is 12.2. The maximum Gasteiger partial charge on any atom is 0.279 e. The molecular weight excluding hydrogens is 365 g/mol. The van der Waals surface area contributed by atoms with Crippen molar-refractivity contribution in [2.24, 2.45) is 0 Å². The van der Waals surface area contributed by atoms with Crippen LogP contribution in [0.25, 0.3) is 10.2 Å². The van der Waals surface area contributed by atoms with Crippen molar-refractivity contribution in [3.05, 3.63) is 57.5 Å². The molecule has 0 aliphatic rings. The van der Waals surface area contributed by atoms with E-state index < -0.39 is 0 Å². The van der Waals surface area contributed by atoms with Gasteiger partial charge in [0.25, 0.3) is 5.91 Å². The van der Waals surface area contributed by atoms with Gasteiger partial charge in [-0.05, 0) is 24.3 Å². The Morgan fingerprint density at radius 3 is 2.79 bits per heavy atom. The summed E-state index contributed by atoms with van der Waals surface area (Å²) in [7, 11) is 1.96. The number of rotatable bonds is 5. The number of thiazole rings is 1. The minimum absolute atomic E-state index is 0.113. The van der Waals surface area contributed by atoms with E-state index in [4.69, 9.17) is 23.2 Å². The topological polar surface area (TPSA) is 46.4 Å². The number of para-hydroxylation sites is 1. The second kappa shape index (κ2) is 7.49. The normalized spacial score (nSPS) is 12.3. The van der Waals surface area contributed by atoms with Crippen molar-refractivity contribution >= 4 is 56.3 Å². The van der Waals surface area contributed by atoms with Gasteiger partial charge in [0.2, 0.25) is 0 Å². The summed E-state index contributed by atoms with van der Waals surface area (Å²) in [5, 5.41) is 4.60. The van der Waals surface area contributed by atoms with Gasteiger partial charge in [-0.1, -0.05) is 41.4 Å². The molecule has 2 aromatic carbocycles.